The van der Waals surface area contributed by atoms with Crippen LogP contribution in [0.25, 0.3) is 10.9 Å². The molecule has 4 heterocycles. The molecule has 2 aliphatic heterocycles. The SMILES string of the molecule is CCC[C@@H](C)Nc1nc(N)nc2ccn(Cc3ccc(C(=O)N4C5CNCC4C5)cc3)c(=O)c12. The molecule has 2 aromatic heterocycles. The highest BCUT2D eigenvalue weighted by Gasteiger charge is 2.44. The third-order valence-electron chi connectivity index (χ3n) is 6.83. The van der Waals surface area contributed by atoms with Gasteiger partial charge in [0.15, 0.2) is 0 Å². The fourth-order valence-corrected chi connectivity index (χ4v) is 5.08. The van der Waals surface area contributed by atoms with Gasteiger partial charge in [-0.1, -0.05) is 25.5 Å². The third kappa shape index (κ3) is 4.11. The van der Waals surface area contributed by atoms with Crippen LogP contribution < -0.4 is 21.9 Å². The van der Waals surface area contributed by atoms with Crippen molar-refractivity contribution >= 4 is 28.6 Å². The van der Waals surface area contributed by atoms with Crippen molar-refractivity contribution in [3.8, 4) is 0 Å². The Hall–Kier alpha value is -3.46. The van der Waals surface area contributed by atoms with Gasteiger partial charge in [-0.05, 0) is 43.5 Å². The molecule has 0 spiro atoms. The molecular weight excluding hydrogens is 430 g/mol. The number of piperazine rings is 1. The summed E-state index contributed by atoms with van der Waals surface area (Å²) >= 11 is 0. The van der Waals surface area contributed by atoms with Gasteiger partial charge in [-0.3, -0.25) is 9.59 Å². The molecule has 5 rings (SSSR count). The van der Waals surface area contributed by atoms with Crippen LogP contribution in [0.5, 0.6) is 0 Å². The van der Waals surface area contributed by atoms with Crippen molar-refractivity contribution in [1.29, 1.82) is 0 Å². The number of hydrogen-bond donors (Lipinski definition) is 3. The second-order valence-corrected chi connectivity index (χ2v) is 9.38. The number of carbonyl (C=O) groups is 1. The van der Waals surface area contributed by atoms with Gasteiger partial charge in [0.05, 0.1) is 12.1 Å². The highest BCUT2D eigenvalue weighted by atomic mass is 16.2. The molecule has 1 amide bonds. The molecule has 0 saturated carbocycles. The molecule has 4 N–H and O–H groups in total. The number of nitrogens with zero attached hydrogens (tertiary/aromatic N) is 4. The Kier molecular flexibility index (Phi) is 5.95. The molecule has 3 atom stereocenters. The summed E-state index contributed by atoms with van der Waals surface area (Å²) in [6, 6.07) is 10.1. The summed E-state index contributed by atoms with van der Waals surface area (Å²) in [6.07, 6.45) is 4.78. The maximum absolute atomic E-state index is 13.4. The normalized spacial score (nSPS) is 20.1. The zero-order valence-corrected chi connectivity index (χ0v) is 19.6. The molecule has 2 bridgehead atoms. The number of benzene rings is 1. The zero-order chi connectivity index (χ0) is 23.8. The Bertz CT molecular complexity index is 1260. The van der Waals surface area contributed by atoms with Crippen LogP contribution >= 0.6 is 0 Å². The molecule has 3 aromatic rings. The lowest BCUT2D eigenvalue weighted by Gasteiger charge is -2.53. The van der Waals surface area contributed by atoms with Gasteiger partial charge >= 0.3 is 0 Å². The van der Waals surface area contributed by atoms with Gasteiger partial charge in [-0.25, -0.2) is 4.98 Å². The maximum Gasteiger partial charge on any atom is 0.264 e. The Morgan fingerprint density at radius 1 is 1.21 bits per heavy atom. The summed E-state index contributed by atoms with van der Waals surface area (Å²) in [6.45, 7) is 6.30. The minimum atomic E-state index is -0.176. The summed E-state index contributed by atoms with van der Waals surface area (Å²) in [4.78, 5) is 36.8. The standard InChI is InChI=1S/C25H31N7O2/c1-3-4-15(2)28-22-21-20(29-25(26)30-22)9-10-31(24(21)34)14-16-5-7-17(8-6-16)23(33)32-18-11-19(32)13-27-12-18/h5-10,15,18-19,27H,3-4,11-14H2,1-2H3,(H3,26,28,29,30)/t15-,18?,19?/m1/s1. The first kappa shape index (κ1) is 22.3. The molecule has 2 saturated heterocycles. The zero-order valence-electron chi connectivity index (χ0n) is 19.6. The Morgan fingerprint density at radius 3 is 2.62 bits per heavy atom. The van der Waals surface area contributed by atoms with E-state index in [-0.39, 0.29) is 23.5 Å². The molecule has 9 nitrogen and oxygen atoms in total. The van der Waals surface area contributed by atoms with Crippen molar-refractivity contribution in [2.75, 3.05) is 24.1 Å². The van der Waals surface area contributed by atoms with E-state index < -0.39 is 0 Å². The van der Waals surface area contributed by atoms with Crippen LogP contribution in [-0.2, 0) is 6.54 Å². The number of anilines is 2. The average molecular weight is 462 g/mol. The second kappa shape index (κ2) is 9.06. The third-order valence-corrected chi connectivity index (χ3v) is 6.83. The monoisotopic (exact) mass is 461 g/mol. The van der Waals surface area contributed by atoms with E-state index >= 15 is 0 Å². The number of nitrogen functional groups attached to an aromatic ring is 1. The summed E-state index contributed by atoms with van der Waals surface area (Å²) in [7, 11) is 0. The largest absolute Gasteiger partial charge is 0.368 e. The van der Waals surface area contributed by atoms with Gasteiger partial charge in [-0.15, -0.1) is 0 Å². The van der Waals surface area contributed by atoms with Crippen molar-refractivity contribution in [3.05, 3.63) is 58.0 Å². The molecule has 178 valence electrons. The van der Waals surface area contributed by atoms with Gasteiger partial charge in [0.25, 0.3) is 11.5 Å². The fraction of sp³-hybridized carbons (Fsp3) is 0.440. The minimum absolute atomic E-state index is 0.0869. The van der Waals surface area contributed by atoms with Crippen LogP contribution in [-0.4, -0.2) is 56.6 Å². The molecule has 2 unspecified atom stereocenters. The second-order valence-electron chi connectivity index (χ2n) is 9.38. The lowest BCUT2D eigenvalue weighted by Crippen LogP contribution is -2.69. The van der Waals surface area contributed by atoms with Crippen molar-refractivity contribution in [1.82, 2.24) is 24.8 Å². The number of fused-ring (bicyclic) bond motifs is 3. The summed E-state index contributed by atoms with van der Waals surface area (Å²) < 4.78 is 1.64. The number of nitrogens with one attached hydrogen (secondary N) is 2. The van der Waals surface area contributed by atoms with Crippen molar-refractivity contribution in [2.45, 2.75) is 57.8 Å². The van der Waals surface area contributed by atoms with E-state index in [1.807, 2.05) is 29.2 Å². The number of amides is 1. The lowest BCUT2D eigenvalue weighted by atomic mass is 9.88. The van der Waals surface area contributed by atoms with Crippen LogP contribution in [0.2, 0.25) is 0 Å². The number of carbonyl (C=O) groups excluding carboxylic acids is 1. The minimum Gasteiger partial charge on any atom is -0.368 e. The van der Waals surface area contributed by atoms with Gasteiger partial charge in [0.2, 0.25) is 5.95 Å². The molecule has 2 aliphatic rings. The predicted molar refractivity (Wildman–Crippen MR) is 133 cm³/mol. The van der Waals surface area contributed by atoms with Gasteiger partial charge in [0.1, 0.15) is 11.2 Å². The van der Waals surface area contributed by atoms with Crippen molar-refractivity contribution in [2.24, 2.45) is 0 Å². The number of pyridine rings is 1. The van der Waals surface area contributed by atoms with Gasteiger partial charge in [-0.2, -0.15) is 4.98 Å². The van der Waals surface area contributed by atoms with Crippen LogP contribution in [0, 0.1) is 0 Å². The summed E-state index contributed by atoms with van der Waals surface area (Å²) in [5, 5.41) is 7.11. The van der Waals surface area contributed by atoms with E-state index in [0.29, 0.717) is 40.9 Å². The van der Waals surface area contributed by atoms with Crippen LogP contribution in [0.4, 0.5) is 11.8 Å². The number of rotatable bonds is 7. The first-order valence-corrected chi connectivity index (χ1v) is 12.0. The maximum atomic E-state index is 13.4. The van der Waals surface area contributed by atoms with Crippen LogP contribution in [0.3, 0.4) is 0 Å². The van der Waals surface area contributed by atoms with E-state index in [4.69, 9.17) is 5.73 Å². The smallest absolute Gasteiger partial charge is 0.264 e. The highest BCUT2D eigenvalue weighted by Crippen LogP contribution is 2.30. The lowest BCUT2D eigenvalue weighted by molar-refractivity contribution is -0.00217. The van der Waals surface area contributed by atoms with Crippen LogP contribution in [0.15, 0.2) is 41.3 Å². The Labute approximate surface area is 198 Å². The quantitative estimate of drug-likeness (QED) is 0.494. The van der Waals surface area contributed by atoms with Gasteiger partial charge < -0.3 is 25.8 Å². The Morgan fingerprint density at radius 2 is 1.94 bits per heavy atom. The topological polar surface area (TPSA) is 118 Å². The number of nitrogens with two attached hydrogens (primary N) is 1. The molecule has 0 radical (unpaired) electrons. The first-order chi connectivity index (χ1) is 16.4. The van der Waals surface area contributed by atoms with Crippen molar-refractivity contribution < 1.29 is 4.79 Å². The molecule has 2 fully saturated rings. The first-order valence-electron chi connectivity index (χ1n) is 12.0. The predicted octanol–water partition coefficient (Wildman–Crippen LogP) is 2.21. The molecule has 0 aliphatic carbocycles. The molecule has 9 heteroatoms. The van der Waals surface area contributed by atoms with Crippen LogP contribution in [0.1, 0.15) is 49.0 Å². The Balaban J connectivity index is 1.38. The fourth-order valence-electron chi connectivity index (χ4n) is 5.08. The molecular formula is C25H31N7O2. The van der Waals surface area contributed by atoms with E-state index in [0.717, 1.165) is 37.9 Å². The summed E-state index contributed by atoms with van der Waals surface area (Å²) in [5.41, 5.74) is 7.86. The van der Waals surface area contributed by atoms with Crippen molar-refractivity contribution in [3.63, 3.8) is 0 Å². The summed E-state index contributed by atoms with van der Waals surface area (Å²) in [5.74, 6) is 0.695. The number of hydrogen-bond acceptors (Lipinski definition) is 7. The van der Waals surface area contributed by atoms with Gasteiger partial charge in [0, 0.05) is 43.0 Å². The molecule has 1 aromatic carbocycles. The van der Waals surface area contributed by atoms with E-state index in [9.17, 15) is 9.59 Å². The number of piperidine rings is 1. The van der Waals surface area contributed by atoms with E-state index in [1.54, 1.807) is 16.8 Å². The molecule has 34 heavy (non-hydrogen) atoms. The number of aromatic nitrogens is 3. The van der Waals surface area contributed by atoms with E-state index in [1.165, 1.54) is 0 Å². The highest BCUT2D eigenvalue weighted by molar-refractivity contribution is 5.95. The van der Waals surface area contributed by atoms with E-state index in [2.05, 4.69) is 34.4 Å². The average Bonchev–Trinajstić information content (AvgIpc) is 2.81.